The third-order valence-corrected chi connectivity index (χ3v) is 4.82. The smallest absolute Gasteiger partial charge is 0.289 e. The fraction of sp³-hybridized carbons (Fsp3) is 0.0667. The molecule has 112 valence electrons. The SMILES string of the molecule is C=CCn1c(=NC(=O)c2cccs2)sc2cc(F)cc(F)c21. The Morgan fingerprint density at radius 2 is 2.23 bits per heavy atom. The molecule has 0 fully saturated rings. The van der Waals surface area contributed by atoms with E-state index in [0.717, 1.165) is 17.4 Å². The van der Waals surface area contributed by atoms with Gasteiger partial charge in [0.05, 0.1) is 15.1 Å². The minimum Gasteiger partial charge on any atom is -0.310 e. The second-order valence-electron chi connectivity index (χ2n) is 4.41. The van der Waals surface area contributed by atoms with Crippen LogP contribution in [-0.2, 0) is 6.54 Å². The summed E-state index contributed by atoms with van der Waals surface area (Å²) in [5.41, 5.74) is 0.226. The molecule has 0 bridgehead atoms. The van der Waals surface area contributed by atoms with Crippen molar-refractivity contribution in [3.63, 3.8) is 0 Å². The van der Waals surface area contributed by atoms with Gasteiger partial charge in [0, 0.05) is 12.6 Å². The molecule has 0 aliphatic heterocycles. The fourth-order valence-corrected chi connectivity index (χ4v) is 3.74. The Bertz CT molecular complexity index is 923. The normalized spacial score (nSPS) is 12.0. The Hall–Kier alpha value is -2.12. The molecular weight excluding hydrogens is 326 g/mol. The Labute approximate surface area is 132 Å². The molecule has 0 aliphatic carbocycles. The molecule has 1 amide bonds. The quantitative estimate of drug-likeness (QED) is 0.667. The Balaban J connectivity index is 2.24. The number of carbonyl (C=O) groups is 1. The maximum Gasteiger partial charge on any atom is 0.289 e. The molecular formula is C15H10F2N2OS2. The molecule has 0 aliphatic rings. The van der Waals surface area contributed by atoms with Gasteiger partial charge < -0.3 is 4.57 Å². The Morgan fingerprint density at radius 3 is 2.91 bits per heavy atom. The van der Waals surface area contributed by atoms with Crippen molar-refractivity contribution in [2.24, 2.45) is 4.99 Å². The van der Waals surface area contributed by atoms with Gasteiger partial charge in [-0.05, 0) is 17.5 Å². The van der Waals surface area contributed by atoms with Gasteiger partial charge in [-0.1, -0.05) is 23.5 Å². The number of nitrogens with zero attached hydrogens (tertiary/aromatic N) is 2. The van der Waals surface area contributed by atoms with E-state index in [2.05, 4.69) is 11.6 Å². The lowest BCUT2D eigenvalue weighted by atomic mass is 10.3. The largest absolute Gasteiger partial charge is 0.310 e. The highest BCUT2D eigenvalue weighted by Crippen LogP contribution is 2.22. The lowest BCUT2D eigenvalue weighted by Gasteiger charge is -2.02. The monoisotopic (exact) mass is 336 g/mol. The van der Waals surface area contributed by atoms with Crippen molar-refractivity contribution in [3.05, 3.63) is 63.6 Å². The summed E-state index contributed by atoms with van der Waals surface area (Å²) < 4.78 is 29.3. The average molecular weight is 336 g/mol. The summed E-state index contributed by atoms with van der Waals surface area (Å²) in [7, 11) is 0. The molecule has 0 unspecified atom stereocenters. The Kier molecular flexibility index (Phi) is 4.00. The van der Waals surface area contributed by atoms with Gasteiger partial charge in [-0.2, -0.15) is 4.99 Å². The zero-order chi connectivity index (χ0) is 15.7. The number of hydrogen-bond donors (Lipinski definition) is 0. The van der Waals surface area contributed by atoms with Gasteiger partial charge in [-0.3, -0.25) is 4.79 Å². The Morgan fingerprint density at radius 1 is 1.41 bits per heavy atom. The topological polar surface area (TPSA) is 34.4 Å². The van der Waals surface area contributed by atoms with Gasteiger partial charge in [0.25, 0.3) is 5.91 Å². The number of carbonyl (C=O) groups excluding carboxylic acids is 1. The molecule has 0 atom stereocenters. The number of rotatable bonds is 3. The second-order valence-corrected chi connectivity index (χ2v) is 6.37. The van der Waals surface area contributed by atoms with Crippen molar-refractivity contribution >= 4 is 38.8 Å². The van der Waals surface area contributed by atoms with E-state index in [1.165, 1.54) is 22.0 Å². The molecule has 1 aromatic carbocycles. The highest BCUT2D eigenvalue weighted by Gasteiger charge is 2.13. The van der Waals surface area contributed by atoms with E-state index in [4.69, 9.17) is 0 Å². The standard InChI is InChI=1S/C15H10F2N2OS2/c1-2-5-19-13-10(17)7-9(16)8-12(13)22-15(19)18-14(20)11-4-3-6-21-11/h2-4,6-8H,1,5H2. The summed E-state index contributed by atoms with van der Waals surface area (Å²) in [4.78, 5) is 17.0. The van der Waals surface area contributed by atoms with E-state index in [-0.39, 0.29) is 12.1 Å². The van der Waals surface area contributed by atoms with E-state index in [1.807, 2.05) is 0 Å². The number of benzene rings is 1. The van der Waals surface area contributed by atoms with Crippen LogP contribution in [0, 0.1) is 11.6 Å². The summed E-state index contributed by atoms with van der Waals surface area (Å²) in [6.45, 7) is 3.90. The van der Waals surface area contributed by atoms with Crippen LogP contribution < -0.4 is 4.80 Å². The molecule has 0 saturated carbocycles. The van der Waals surface area contributed by atoms with Gasteiger partial charge >= 0.3 is 0 Å². The summed E-state index contributed by atoms with van der Waals surface area (Å²) in [5.74, 6) is -1.74. The zero-order valence-electron chi connectivity index (χ0n) is 11.3. The predicted molar refractivity (Wildman–Crippen MR) is 84.1 cm³/mol. The van der Waals surface area contributed by atoms with Gasteiger partial charge in [0.2, 0.25) is 0 Å². The molecule has 3 nitrogen and oxygen atoms in total. The first-order chi connectivity index (χ1) is 10.6. The molecule has 3 rings (SSSR count). The summed E-state index contributed by atoms with van der Waals surface area (Å²) >= 11 is 2.35. The third-order valence-electron chi connectivity index (χ3n) is 2.94. The van der Waals surface area contributed by atoms with Crippen LogP contribution in [-0.4, -0.2) is 10.5 Å². The van der Waals surface area contributed by atoms with E-state index in [9.17, 15) is 13.6 Å². The van der Waals surface area contributed by atoms with Crippen LogP contribution in [0.4, 0.5) is 8.78 Å². The molecule has 0 radical (unpaired) electrons. The molecule has 0 spiro atoms. The van der Waals surface area contributed by atoms with Crippen LogP contribution in [0.5, 0.6) is 0 Å². The molecule has 7 heteroatoms. The highest BCUT2D eigenvalue weighted by molar-refractivity contribution is 7.16. The summed E-state index contributed by atoms with van der Waals surface area (Å²) in [6.07, 6.45) is 1.57. The zero-order valence-corrected chi connectivity index (χ0v) is 12.9. The van der Waals surface area contributed by atoms with E-state index >= 15 is 0 Å². The number of fused-ring (bicyclic) bond motifs is 1. The van der Waals surface area contributed by atoms with Crippen molar-refractivity contribution in [2.75, 3.05) is 0 Å². The second kappa shape index (κ2) is 5.94. The molecule has 0 N–H and O–H groups in total. The lowest BCUT2D eigenvalue weighted by molar-refractivity contribution is 0.100. The van der Waals surface area contributed by atoms with Gasteiger partial charge in [-0.15, -0.1) is 17.9 Å². The first-order valence-corrected chi connectivity index (χ1v) is 8.01. The first kappa shape index (κ1) is 14.8. The van der Waals surface area contributed by atoms with Crippen LogP contribution in [0.25, 0.3) is 10.2 Å². The van der Waals surface area contributed by atoms with Gasteiger partial charge in [0.15, 0.2) is 10.6 Å². The van der Waals surface area contributed by atoms with Crippen LogP contribution in [0.3, 0.4) is 0 Å². The van der Waals surface area contributed by atoms with E-state index in [0.29, 0.717) is 14.4 Å². The minimum absolute atomic E-state index is 0.226. The minimum atomic E-state index is -0.682. The maximum absolute atomic E-state index is 14.0. The lowest BCUT2D eigenvalue weighted by Crippen LogP contribution is -2.16. The van der Waals surface area contributed by atoms with Crippen LogP contribution in [0.15, 0.2) is 47.3 Å². The van der Waals surface area contributed by atoms with Gasteiger partial charge in [-0.25, -0.2) is 8.78 Å². The fourth-order valence-electron chi connectivity index (χ4n) is 2.06. The number of halogens is 2. The van der Waals surface area contributed by atoms with Gasteiger partial charge in [0.1, 0.15) is 5.82 Å². The number of hydrogen-bond acceptors (Lipinski definition) is 3. The van der Waals surface area contributed by atoms with Crippen molar-refractivity contribution in [3.8, 4) is 0 Å². The maximum atomic E-state index is 14.0. The van der Waals surface area contributed by atoms with Crippen LogP contribution in [0.2, 0.25) is 0 Å². The number of thiophene rings is 1. The molecule has 22 heavy (non-hydrogen) atoms. The average Bonchev–Trinajstić information content (AvgIpc) is 3.08. The summed E-state index contributed by atoms with van der Waals surface area (Å²) in [5, 5.41) is 1.78. The number of thiazole rings is 1. The number of amides is 1. The molecule has 3 aromatic rings. The van der Waals surface area contributed by atoms with Crippen molar-refractivity contribution in [1.29, 1.82) is 0 Å². The highest BCUT2D eigenvalue weighted by atomic mass is 32.1. The van der Waals surface area contributed by atoms with E-state index in [1.54, 1.807) is 23.6 Å². The van der Waals surface area contributed by atoms with Crippen molar-refractivity contribution in [2.45, 2.75) is 6.54 Å². The predicted octanol–water partition coefficient (Wildman–Crippen LogP) is 3.97. The molecule has 0 saturated heterocycles. The first-order valence-electron chi connectivity index (χ1n) is 6.32. The molecule has 2 heterocycles. The summed E-state index contributed by atoms with van der Waals surface area (Å²) in [6, 6.07) is 5.48. The molecule has 2 aromatic heterocycles. The van der Waals surface area contributed by atoms with Crippen LogP contribution in [0.1, 0.15) is 9.67 Å². The van der Waals surface area contributed by atoms with E-state index < -0.39 is 17.5 Å². The number of aromatic nitrogens is 1. The van der Waals surface area contributed by atoms with Crippen LogP contribution >= 0.6 is 22.7 Å². The number of allylic oxidation sites excluding steroid dienone is 1. The van der Waals surface area contributed by atoms with Crippen molar-refractivity contribution < 1.29 is 13.6 Å². The third kappa shape index (κ3) is 2.65. The van der Waals surface area contributed by atoms with Crippen molar-refractivity contribution in [1.82, 2.24) is 4.57 Å².